The molecule has 122 valence electrons. The van der Waals surface area contributed by atoms with Gasteiger partial charge in [-0.15, -0.1) is 0 Å². The highest BCUT2D eigenvalue weighted by Crippen LogP contribution is 2.24. The van der Waals surface area contributed by atoms with Crippen molar-refractivity contribution in [2.45, 2.75) is 6.92 Å². The number of esters is 1. The summed E-state index contributed by atoms with van der Waals surface area (Å²) in [5, 5.41) is 13.4. The van der Waals surface area contributed by atoms with Crippen molar-refractivity contribution in [3.8, 4) is 11.5 Å². The van der Waals surface area contributed by atoms with Crippen LogP contribution in [0.4, 0.5) is 0 Å². The molecule has 4 aromatic rings. The minimum absolute atomic E-state index is 0.203. The summed E-state index contributed by atoms with van der Waals surface area (Å²) >= 11 is 0. The number of hydrogen-bond donors (Lipinski definition) is 1. The first-order valence-corrected chi connectivity index (χ1v) is 8.04. The van der Waals surface area contributed by atoms with E-state index in [0.29, 0.717) is 11.3 Å². The van der Waals surface area contributed by atoms with E-state index in [9.17, 15) is 9.90 Å². The normalized spacial score (nSPS) is 10.9. The molecule has 0 amide bonds. The van der Waals surface area contributed by atoms with E-state index in [1.165, 1.54) is 5.56 Å². The first-order valence-electron chi connectivity index (χ1n) is 8.04. The van der Waals surface area contributed by atoms with Gasteiger partial charge in [0.25, 0.3) is 0 Å². The van der Waals surface area contributed by atoms with E-state index >= 15 is 0 Å². The number of aryl methyl sites for hydroxylation is 1. The summed E-state index contributed by atoms with van der Waals surface area (Å²) < 4.78 is 5.52. The molecule has 0 aliphatic heterocycles. The Labute approximate surface area is 145 Å². The van der Waals surface area contributed by atoms with Crippen molar-refractivity contribution in [3.63, 3.8) is 0 Å². The van der Waals surface area contributed by atoms with Crippen molar-refractivity contribution < 1.29 is 14.6 Å². The van der Waals surface area contributed by atoms with Gasteiger partial charge in [-0.2, -0.15) is 0 Å². The second kappa shape index (κ2) is 5.95. The van der Waals surface area contributed by atoms with Crippen LogP contribution in [0.2, 0.25) is 0 Å². The highest BCUT2D eigenvalue weighted by molar-refractivity contribution is 5.97. The van der Waals surface area contributed by atoms with Crippen molar-refractivity contribution in [1.29, 1.82) is 0 Å². The minimum atomic E-state index is -0.401. The van der Waals surface area contributed by atoms with Crippen molar-refractivity contribution in [2.75, 3.05) is 0 Å². The molecule has 0 aliphatic rings. The van der Waals surface area contributed by atoms with E-state index in [4.69, 9.17) is 4.74 Å². The smallest absolute Gasteiger partial charge is 0.343 e. The van der Waals surface area contributed by atoms with Crippen LogP contribution in [0.3, 0.4) is 0 Å². The molecule has 3 heteroatoms. The van der Waals surface area contributed by atoms with Crippen molar-refractivity contribution in [1.82, 2.24) is 0 Å². The number of phenols is 1. The lowest BCUT2D eigenvalue weighted by atomic mass is 10.1. The summed E-state index contributed by atoms with van der Waals surface area (Å²) in [6.45, 7) is 2.05. The number of aromatic hydroxyl groups is 1. The molecular formula is C22H16O3. The molecule has 4 aromatic carbocycles. The van der Waals surface area contributed by atoms with Crippen LogP contribution in [0.25, 0.3) is 21.5 Å². The highest BCUT2D eigenvalue weighted by atomic mass is 16.5. The fraction of sp³-hybridized carbons (Fsp3) is 0.0455. The SMILES string of the molecule is Cc1ccc2cc(OC(=O)c3ccc4cc(O)ccc4c3)ccc2c1. The topological polar surface area (TPSA) is 46.5 Å². The molecule has 0 atom stereocenters. The molecule has 0 bridgehead atoms. The zero-order valence-corrected chi connectivity index (χ0v) is 13.7. The maximum absolute atomic E-state index is 12.4. The van der Waals surface area contributed by atoms with Crippen LogP contribution >= 0.6 is 0 Å². The Bertz CT molecular complexity index is 1110. The third kappa shape index (κ3) is 3.04. The molecule has 0 fully saturated rings. The van der Waals surface area contributed by atoms with Crippen LogP contribution in [0.15, 0.2) is 72.8 Å². The van der Waals surface area contributed by atoms with E-state index in [2.05, 4.69) is 6.07 Å². The molecule has 0 spiro atoms. The summed E-state index contributed by atoms with van der Waals surface area (Å²) in [6, 6.07) is 22.1. The summed E-state index contributed by atoms with van der Waals surface area (Å²) in [5.74, 6) is 0.322. The van der Waals surface area contributed by atoms with Gasteiger partial charge in [0.15, 0.2) is 0 Å². The lowest BCUT2D eigenvalue weighted by Crippen LogP contribution is -2.08. The summed E-state index contributed by atoms with van der Waals surface area (Å²) in [7, 11) is 0. The molecule has 0 aliphatic carbocycles. The average molecular weight is 328 g/mol. The van der Waals surface area contributed by atoms with Gasteiger partial charge in [0.05, 0.1) is 5.56 Å². The molecule has 0 unspecified atom stereocenters. The number of hydrogen-bond acceptors (Lipinski definition) is 3. The van der Waals surface area contributed by atoms with Crippen LogP contribution < -0.4 is 4.74 Å². The highest BCUT2D eigenvalue weighted by Gasteiger charge is 2.10. The van der Waals surface area contributed by atoms with Crippen LogP contribution in [0.5, 0.6) is 11.5 Å². The van der Waals surface area contributed by atoms with Crippen molar-refractivity contribution >= 4 is 27.5 Å². The lowest BCUT2D eigenvalue weighted by molar-refractivity contribution is 0.0735. The first kappa shape index (κ1) is 15.2. The maximum atomic E-state index is 12.4. The number of phenolic OH excluding ortho intramolecular Hbond substituents is 1. The molecule has 0 saturated carbocycles. The van der Waals surface area contributed by atoms with Gasteiger partial charge in [-0.1, -0.05) is 42.0 Å². The van der Waals surface area contributed by atoms with Gasteiger partial charge in [0.2, 0.25) is 0 Å². The molecule has 0 saturated heterocycles. The zero-order chi connectivity index (χ0) is 17.4. The van der Waals surface area contributed by atoms with Gasteiger partial charge in [-0.25, -0.2) is 4.79 Å². The third-order valence-electron chi connectivity index (χ3n) is 4.24. The third-order valence-corrected chi connectivity index (χ3v) is 4.24. The second-order valence-corrected chi connectivity index (χ2v) is 6.15. The quantitative estimate of drug-likeness (QED) is 0.405. The number of carbonyl (C=O) groups is 1. The number of fused-ring (bicyclic) bond motifs is 2. The molecule has 25 heavy (non-hydrogen) atoms. The van der Waals surface area contributed by atoms with Gasteiger partial charge in [-0.05, 0) is 64.9 Å². The Morgan fingerprint density at radius 1 is 0.760 bits per heavy atom. The van der Waals surface area contributed by atoms with E-state index in [0.717, 1.165) is 21.5 Å². The molecule has 0 aromatic heterocycles. The number of ether oxygens (including phenoxy) is 1. The minimum Gasteiger partial charge on any atom is -0.508 e. The monoisotopic (exact) mass is 328 g/mol. The van der Waals surface area contributed by atoms with Gasteiger partial charge < -0.3 is 9.84 Å². The maximum Gasteiger partial charge on any atom is 0.343 e. The lowest BCUT2D eigenvalue weighted by Gasteiger charge is -2.07. The average Bonchev–Trinajstić information content (AvgIpc) is 2.61. The fourth-order valence-corrected chi connectivity index (χ4v) is 2.93. The van der Waals surface area contributed by atoms with Crippen LogP contribution in [0, 0.1) is 6.92 Å². The predicted molar refractivity (Wildman–Crippen MR) is 99.3 cm³/mol. The van der Waals surface area contributed by atoms with Crippen LogP contribution in [0.1, 0.15) is 15.9 Å². The number of rotatable bonds is 2. The molecule has 0 radical (unpaired) electrons. The van der Waals surface area contributed by atoms with E-state index < -0.39 is 5.97 Å². The number of carbonyl (C=O) groups excluding carboxylic acids is 1. The Morgan fingerprint density at radius 3 is 2.28 bits per heavy atom. The first-order chi connectivity index (χ1) is 12.1. The molecule has 4 rings (SSSR count). The second-order valence-electron chi connectivity index (χ2n) is 6.15. The van der Waals surface area contributed by atoms with Gasteiger partial charge in [-0.3, -0.25) is 0 Å². The summed E-state index contributed by atoms with van der Waals surface area (Å²) in [4.78, 5) is 12.4. The Balaban J connectivity index is 1.63. The number of benzene rings is 4. The van der Waals surface area contributed by atoms with Crippen LogP contribution in [-0.2, 0) is 0 Å². The molecule has 1 N–H and O–H groups in total. The Morgan fingerprint density at radius 2 is 1.40 bits per heavy atom. The Hall–Kier alpha value is -3.33. The zero-order valence-electron chi connectivity index (χ0n) is 13.7. The van der Waals surface area contributed by atoms with Gasteiger partial charge in [0, 0.05) is 0 Å². The van der Waals surface area contributed by atoms with Crippen LogP contribution in [-0.4, -0.2) is 11.1 Å². The molecule has 0 heterocycles. The van der Waals surface area contributed by atoms with Gasteiger partial charge in [0.1, 0.15) is 11.5 Å². The summed E-state index contributed by atoms with van der Waals surface area (Å²) in [6.07, 6.45) is 0. The fourth-order valence-electron chi connectivity index (χ4n) is 2.93. The summed E-state index contributed by atoms with van der Waals surface area (Å²) in [5.41, 5.74) is 1.67. The van der Waals surface area contributed by atoms with Crippen molar-refractivity contribution in [3.05, 3.63) is 83.9 Å². The van der Waals surface area contributed by atoms with E-state index in [-0.39, 0.29) is 5.75 Å². The standard InChI is InChI=1S/C22H16O3/c1-14-2-3-18-13-21(9-7-15(18)10-14)25-22(24)19-5-4-17-12-20(23)8-6-16(17)11-19/h2-13,23H,1H3. The van der Waals surface area contributed by atoms with E-state index in [1.54, 1.807) is 42.5 Å². The Kier molecular flexibility index (Phi) is 3.62. The molecule has 3 nitrogen and oxygen atoms in total. The van der Waals surface area contributed by atoms with Gasteiger partial charge >= 0.3 is 5.97 Å². The van der Waals surface area contributed by atoms with E-state index in [1.807, 2.05) is 31.2 Å². The van der Waals surface area contributed by atoms with Crippen molar-refractivity contribution in [2.24, 2.45) is 0 Å². The molecular weight excluding hydrogens is 312 g/mol. The predicted octanol–water partition coefficient (Wildman–Crippen LogP) is 5.23. The largest absolute Gasteiger partial charge is 0.508 e.